The van der Waals surface area contributed by atoms with Gasteiger partial charge in [-0.3, -0.25) is 4.90 Å². The molecular formula is C28H29N5O3. The van der Waals surface area contributed by atoms with Crippen LogP contribution in [0.5, 0.6) is 11.5 Å². The van der Waals surface area contributed by atoms with Crippen molar-refractivity contribution in [3.63, 3.8) is 0 Å². The lowest BCUT2D eigenvalue weighted by Gasteiger charge is -2.29. The third-order valence-corrected chi connectivity index (χ3v) is 6.86. The fourth-order valence-corrected chi connectivity index (χ4v) is 4.94. The summed E-state index contributed by atoms with van der Waals surface area (Å²) in [5.74, 6) is 7.02. The van der Waals surface area contributed by atoms with Crippen molar-refractivity contribution in [3.05, 3.63) is 77.6 Å². The summed E-state index contributed by atoms with van der Waals surface area (Å²) >= 11 is 0. The van der Waals surface area contributed by atoms with Gasteiger partial charge in [0.15, 0.2) is 0 Å². The molecule has 8 nitrogen and oxygen atoms in total. The summed E-state index contributed by atoms with van der Waals surface area (Å²) in [7, 11) is 1.62. The van der Waals surface area contributed by atoms with E-state index in [-0.39, 0.29) is 23.7 Å². The minimum Gasteiger partial charge on any atom is -0.507 e. The number of phenolic OH excluding ortho intramolecular Hbond substituents is 1. The molecule has 0 aliphatic carbocycles. The van der Waals surface area contributed by atoms with Crippen LogP contribution in [0.1, 0.15) is 35.7 Å². The number of methoxy groups -OCH3 is 1. The fraction of sp³-hybridized carbons (Fsp3) is 0.321. The van der Waals surface area contributed by atoms with Gasteiger partial charge in [0.2, 0.25) is 0 Å². The Bertz CT molecular complexity index is 1270. The van der Waals surface area contributed by atoms with Crippen molar-refractivity contribution in [1.82, 2.24) is 20.0 Å². The Kier molecular flexibility index (Phi) is 7.01. The van der Waals surface area contributed by atoms with E-state index in [0.717, 1.165) is 43.1 Å². The van der Waals surface area contributed by atoms with Crippen LogP contribution < -0.4 is 10.1 Å². The number of fused-ring (bicyclic) bond motifs is 1. The first-order valence-corrected chi connectivity index (χ1v) is 12.2. The van der Waals surface area contributed by atoms with E-state index >= 15 is 0 Å². The lowest BCUT2D eigenvalue weighted by molar-refractivity contribution is 0.196. The van der Waals surface area contributed by atoms with E-state index < -0.39 is 0 Å². The highest BCUT2D eigenvalue weighted by molar-refractivity contribution is 5.89. The van der Waals surface area contributed by atoms with Crippen LogP contribution >= 0.6 is 0 Å². The molecule has 2 aliphatic rings. The van der Waals surface area contributed by atoms with Crippen molar-refractivity contribution in [2.24, 2.45) is 0 Å². The summed E-state index contributed by atoms with van der Waals surface area (Å²) in [4.78, 5) is 17.4. The average Bonchev–Trinajstić information content (AvgIpc) is 3.18. The van der Waals surface area contributed by atoms with Gasteiger partial charge in [-0.2, -0.15) is 5.10 Å². The maximum absolute atomic E-state index is 13.1. The summed E-state index contributed by atoms with van der Waals surface area (Å²) in [5, 5.41) is 21.7. The molecule has 0 bridgehead atoms. The van der Waals surface area contributed by atoms with Crippen molar-refractivity contribution in [1.29, 1.82) is 0 Å². The molecule has 8 heteroatoms. The fourth-order valence-electron chi connectivity index (χ4n) is 4.94. The Morgan fingerprint density at radius 1 is 1.03 bits per heavy atom. The first-order valence-electron chi connectivity index (χ1n) is 12.2. The SMILES string of the molecule is COc1ccc(NC(=O)N2CCCN3CC[C@H](c4ccc(C#Cc5ccccc5O)nn4)[C@@H]3C2)cc1. The van der Waals surface area contributed by atoms with Crippen molar-refractivity contribution in [3.8, 4) is 23.3 Å². The van der Waals surface area contributed by atoms with Gasteiger partial charge in [0.25, 0.3) is 0 Å². The monoisotopic (exact) mass is 483 g/mol. The number of hydrogen-bond acceptors (Lipinski definition) is 6. The average molecular weight is 484 g/mol. The van der Waals surface area contributed by atoms with Gasteiger partial charge in [0, 0.05) is 37.3 Å². The quantitative estimate of drug-likeness (QED) is 0.553. The maximum atomic E-state index is 13.1. The molecule has 2 fully saturated rings. The second kappa shape index (κ2) is 10.7. The number of carbonyl (C=O) groups excluding carboxylic acids is 1. The first kappa shape index (κ1) is 23.6. The van der Waals surface area contributed by atoms with E-state index in [9.17, 15) is 9.90 Å². The summed E-state index contributed by atoms with van der Waals surface area (Å²) in [6, 6.07) is 18.3. The molecule has 184 valence electrons. The summed E-state index contributed by atoms with van der Waals surface area (Å²) in [6.45, 7) is 3.31. The minimum absolute atomic E-state index is 0.0893. The van der Waals surface area contributed by atoms with Crippen LogP contribution in [0.2, 0.25) is 0 Å². The number of ether oxygens (including phenoxy) is 1. The van der Waals surface area contributed by atoms with Gasteiger partial charge < -0.3 is 20.1 Å². The number of carbonyl (C=O) groups is 1. The van der Waals surface area contributed by atoms with Crippen LogP contribution in [-0.2, 0) is 0 Å². The van der Waals surface area contributed by atoms with Gasteiger partial charge in [0.1, 0.15) is 17.2 Å². The normalized spacial score (nSPS) is 19.5. The van der Waals surface area contributed by atoms with Crippen molar-refractivity contribution >= 4 is 11.7 Å². The molecule has 3 aromatic rings. The van der Waals surface area contributed by atoms with E-state index in [0.29, 0.717) is 24.3 Å². The number of para-hydroxylation sites is 1. The molecule has 3 heterocycles. The zero-order chi connectivity index (χ0) is 24.9. The standard InChI is InChI=1S/C28H29N5O3/c1-36-23-12-9-21(10-13-23)29-28(35)33-17-4-16-32-18-15-24(26(32)19-33)25-14-11-22(30-31-25)8-7-20-5-2-3-6-27(20)34/h2-3,5-6,9-14,24,26,34H,4,15-19H2,1H3,(H,29,35)/t24-,26+/m1/s1. The van der Waals surface area contributed by atoms with Gasteiger partial charge in [0.05, 0.1) is 18.4 Å². The van der Waals surface area contributed by atoms with E-state index in [1.54, 1.807) is 25.3 Å². The highest BCUT2D eigenvalue weighted by Gasteiger charge is 2.39. The number of benzene rings is 2. The number of phenols is 1. The highest BCUT2D eigenvalue weighted by Crippen LogP contribution is 2.34. The zero-order valence-corrected chi connectivity index (χ0v) is 20.2. The number of anilines is 1. The Hall–Kier alpha value is -4.09. The van der Waals surface area contributed by atoms with Crippen LogP contribution in [0.3, 0.4) is 0 Å². The van der Waals surface area contributed by atoms with Gasteiger partial charge >= 0.3 is 6.03 Å². The van der Waals surface area contributed by atoms with E-state index in [1.807, 2.05) is 47.4 Å². The Balaban J connectivity index is 1.27. The number of urea groups is 1. The lowest BCUT2D eigenvalue weighted by Crippen LogP contribution is -2.43. The molecular weight excluding hydrogens is 454 g/mol. The Morgan fingerprint density at radius 2 is 1.86 bits per heavy atom. The molecule has 2 aromatic carbocycles. The minimum atomic E-state index is -0.0893. The molecule has 1 aromatic heterocycles. The molecule has 2 aliphatic heterocycles. The zero-order valence-electron chi connectivity index (χ0n) is 20.2. The lowest BCUT2D eigenvalue weighted by atomic mass is 9.95. The van der Waals surface area contributed by atoms with Gasteiger partial charge in [-0.25, -0.2) is 4.79 Å². The number of rotatable bonds is 3. The van der Waals surface area contributed by atoms with Gasteiger partial charge in [-0.05, 0) is 73.8 Å². The van der Waals surface area contributed by atoms with Gasteiger partial charge in [-0.15, -0.1) is 5.10 Å². The van der Waals surface area contributed by atoms with E-state index in [4.69, 9.17) is 4.74 Å². The summed E-state index contributed by atoms with van der Waals surface area (Å²) in [6.07, 6.45) is 1.92. The topological polar surface area (TPSA) is 90.8 Å². The van der Waals surface area contributed by atoms with Crippen molar-refractivity contribution in [2.75, 3.05) is 38.6 Å². The van der Waals surface area contributed by atoms with Gasteiger partial charge in [-0.1, -0.05) is 18.1 Å². The molecule has 5 rings (SSSR count). The molecule has 0 radical (unpaired) electrons. The van der Waals surface area contributed by atoms with Crippen molar-refractivity contribution in [2.45, 2.75) is 24.8 Å². The first-order chi connectivity index (χ1) is 17.6. The molecule has 0 saturated carbocycles. The number of aromatic hydroxyl groups is 1. The van der Waals surface area contributed by atoms with Crippen LogP contribution in [-0.4, -0.2) is 70.5 Å². The second-order valence-corrected chi connectivity index (χ2v) is 9.07. The third-order valence-electron chi connectivity index (χ3n) is 6.86. The maximum Gasteiger partial charge on any atom is 0.321 e. The number of nitrogens with zero attached hydrogens (tertiary/aromatic N) is 4. The Labute approximate surface area is 210 Å². The molecule has 0 spiro atoms. The number of amides is 2. The molecule has 36 heavy (non-hydrogen) atoms. The number of aromatic nitrogens is 2. The molecule has 2 atom stereocenters. The predicted molar refractivity (Wildman–Crippen MR) is 137 cm³/mol. The predicted octanol–water partition coefficient (Wildman–Crippen LogP) is 3.69. The Morgan fingerprint density at radius 3 is 2.61 bits per heavy atom. The van der Waals surface area contributed by atoms with E-state index in [2.05, 4.69) is 32.3 Å². The number of hydrogen-bond donors (Lipinski definition) is 2. The van der Waals surface area contributed by atoms with Crippen LogP contribution in [0.25, 0.3) is 0 Å². The third kappa shape index (κ3) is 5.26. The summed E-state index contributed by atoms with van der Waals surface area (Å²) < 4.78 is 5.20. The highest BCUT2D eigenvalue weighted by atomic mass is 16.5. The largest absolute Gasteiger partial charge is 0.507 e. The molecule has 0 unspecified atom stereocenters. The molecule has 2 amide bonds. The summed E-state index contributed by atoms with van der Waals surface area (Å²) in [5.41, 5.74) is 2.78. The molecule has 2 N–H and O–H groups in total. The van der Waals surface area contributed by atoms with Crippen LogP contribution in [0, 0.1) is 11.8 Å². The van der Waals surface area contributed by atoms with Crippen LogP contribution in [0.4, 0.5) is 10.5 Å². The van der Waals surface area contributed by atoms with E-state index in [1.165, 1.54) is 0 Å². The smallest absolute Gasteiger partial charge is 0.321 e. The molecule has 2 saturated heterocycles. The van der Waals surface area contributed by atoms with Crippen LogP contribution in [0.15, 0.2) is 60.7 Å². The second-order valence-electron chi connectivity index (χ2n) is 9.07. The van der Waals surface area contributed by atoms with Crippen molar-refractivity contribution < 1.29 is 14.6 Å². The number of nitrogens with one attached hydrogen (secondary N) is 1.